The van der Waals surface area contributed by atoms with Crippen LogP contribution in [0.25, 0.3) is 0 Å². The molecule has 128 valence electrons. The van der Waals surface area contributed by atoms with E-state index in [9.17, 15) is 4.79 Å². The first-order chi connectivity index (χ1) is 11.6. The molecule has 0 fully saturated rings. The average Bonchev–Trinajstić information content (AvgIpc) is 2.57. The number of para-hydroxylation sites is 1. The number of nitrogens with one attached hydrogen (secondary N) is 1. The summed E-state index contributed by atoms with van der Waals surface area (Å²) in [5.74, 6) is 2.08. The molecule has 0 aliphatic rings. The number of hydrogen-bond donors (Lipinski definition) is 1. The highest BCUT2D eigenvalue weighted by molar-refractivity contribution is 7.99. The minimum atomic E-state index is -0.0360. The van der Waals surface area contributed by atoms with Crippen molar-refractivity contribution in [3.05, 3.63) is 64.7 Å². The number of benzene rings is 2. The highest BCUT2D eigenvalue weighted by atomic mass is 35.5. The molecule has 3 nitrogen and oxygen atoms in total. The molecule has 1 N–H and O–H groups in total. The Morgan fingerprint density at radius 1 is 1.21 bits per heavy atom. The normalized spacial score (nSPS) is 11.8. The third-order valence-corrected chi connectivity index (χ3v) is 4.74. The van der Waals surface area contributed by atoms with E-state index in [2.05, 4.69) is 5.32 Å². The van der Waals surface area contributed by atoms with Gasteiger partial charge >= 0.3 is 0 Å². The van der Waals surface area contributed by atoms with Gasteiger partial charge in [0.15, 0.2) is 0 Å². The highest BCUT2D eigenvalue weighted by Crippen LogP contribution is 2.23. The maximum absolute atomic E-state index is 12.1. The molecule has 0 bridgehead atoms. The summed E-state index contributed by atoms with van der Waals surface area (Å²) >= 11 is 7.46. The van der Waals surface area contributed by atoms with Gasteiger partial charge in [0.1, 0.15) is 5.75 Å². The van der Waals surface area contributed by atoms with Crippen LogP contribution in [0.1, 0.15) is 31.0 Å². The third kappa shape index (κ3) is 5.77. The Labute approximate surface area is 152 Å². The predicted molar refractivity (Wildman–Crippen MR) is 102 cm³/mol. The fourth-order valence-corrected chi connectivity index (χ4v) is 3.25. The van der Waals surface area contributed by atoms with Crippen LogP contribution in [0.15, 0.2) is 48.5 Å². The highest BCUT2D eigenvalue weighted by Gasteiger charge is 2.10. The summed E-state index contributed by atoms with van der Waals surface area (Å²) in [5.41, 5.74) is 2.15. The summed E-state index contributed by atoms with van der Waals surface area (Å²) in [7, 11) is 0. The van der Waals surface area contributed by atoms with Crippen LogP contribution in [-0.2, 0) is 10.5 Å². The van der Waals surface area contributed by atoms with Crippen molar-refractivity contribution in [3.63, 3.8) is 0 Å². The monoisotopic (exact) mass is 363 g/mol. The van der Waals surface area contributed by atoms with Gasteiger partial charge in [-0.15, -0.1) is 11.8 Å². The third-order valence-electron chi connectivity index (χ3n) is 3.51. The molecule has 1 amide bonds. The fourth-order valence-electron chi connectivity index (χ4n) is 2.29. The first-order valence-electron chi connectivity index (χ1n) is 7.93. The first kappa shape index (κ1) is 18.7. The van der Waals surface area contributed by atoms with Crippen LogP contribution in [0.5, 0.6) is 5.75 Å². The molecule has 0 aliphatic heterocycles. The summed E-state index contributed by atoms with van der Waals surface area (Å²) in [5, 5.41) is 3.70. The van der Waals surface area contributed by atoms with Crippen molar-refractivity contribution in [3.8, 4) is 5.75 Å². The lowest BCUT2D eigenvalue weighted by Gasteiger charge is -2.14. The molecule has 2 rings (SSSR count). The van der Waals surface area contributed by atoms with E-state index in [-0.39, 0.29) is 11.9 Å². The van der Waals surface area contributed by atoms with Crippen molar-refractivity contribution in [1.82, 2.24) is 5.32 Å². The molecule has 0 unspecified atom stereocenters. The van der Waals surface area contributed by atoms with Gasteiger partial charge in [-0.25, -0.2) is 0 Å². The smallest absolute Gasteiger partial charge is 0.230 e. The van der Waals surface area contributed by atoms with Crippen molar-refractivity contribution in [2.75, 3.05) is 12.4 Å². The maximum atomic E-state index is 12.1. The topological polar surface area (TPSA) is 38.3 Å². The zero-order valence-corrected chi connectivity index (χ0v) is 15.5. The van der Waals surface area contributed by atoms with E-state index < -0.39 is 0 Å². The molecule has 2 aromatic rings. The van der Waals surface area contributed by atoms with Gasteiger partial charge in [-0.3, -0.25) is 4.79 Å². The standard InChI is InChI=1S/C19H22ClNO2S/c1-3-23-18-7-5-4-6-16(18)12-24-13-19(22)21-14(2)15-8-10-17(20)11-9-15/h4-11,14H,3,12-13H2,1-2H3,(H,21,22)/t14-/m0/s1. The van der Waals surface area contributed by atoms with E-state index >= 15 is 0 Å². The van der Waals surface area contributed by atoms with Crippen LogP contribution in [0.3, 0.4) is 0 Å². The molecule has 0 radical (unpaired) electrons. The van der Waals surface area contributed by atoms with Crippen molar-refractivity contribution in [2.45, 2.75) is 25.6 Å². The van der Waals surface area contributed by atoms with Crippen molar-refractivity contribution in [2.24, 2.45) is 0 Å². The van der Waals surface area contributed by atoms with Gasteiger partial charge in [-0.2, -0.15) is 0 Å². The number of rotatable bonds is 8. The van der Waals surface area contributed by atoms with Crippen molar-refractivity contribution in [1.29, 1.82) is 0 Å². The number of amides is 1. The second-order valence-electron chi connectivity index (χ2n) is 5.37. The number of thioether (sulfide) groups is 1. The molecule has 0 saturated carbocycles. The Kier molecular flexibility index (Phi) is 7.47. The lowest BCUT2D eigenvalue weighted by molar-refractivity contribution is -0.119. The maximum Gasteiger partial charge on any atom is 0.230 e. The van der Waals surface area contributed by atoms with E-state index in [1.807, 2.05) is 62.4 Å². The molecule has 24 heavy (non-hydrogen) atoms. The Bertz CT molecular complexity index is 661. The Morgan fingerprint density at radius 3 is 2.62 bits per heavy atom. The number of ether oxygens (including phenoxy) is 1. The second-order valence-corrected chi connectivity index (χ2v) is 6.80. The lowest BCUT2D eigenvalue weighted by atomic mass is 10.1. The van der Waals surface area contributed by atoms with E-state index in [0.29, 0.717) is 17.4 Å². The zero-order chi connectivity index (χ0) is 17.4. The van der Waals surface area contributed by atoms with E-state index in [0.717, 1.165) is 22.6 Å². The summed E-state index contributed by atoms with van der Waals surface area (Å²) in [6.45, 7) is 4.58. The summed E-state index contributed by atoms with van der Waals surface area (Å²) in [4.78, 5) is 12.1. The van der Waals surface area contributed by atoms with Crippen LogP contribution in [0.4, 0.5) is 0 Å². The number of hydrogen-bond acceptors (Lipinski definition) is 3. The minimum Gasteiger partial charge on any atom is -0.494 e. The van der Waals surface area contributed by atoms with Gasteiger partial charge in [0, 0.05) is 16.3 Å². The van der Waals surface area contributed by atoms with Crippen molar-refractivity contribution >= 4 is 29.3 Å². The second kappa shape index (κ2) is 9.60. The largest absolute Gasteiger partial charge is 0.494 e. The quantitative estimate of drug-likeness (QED) is 0.728. The van der Waals surface area contributed by atoms with E-state index in [4.69, 9.17) is 16.3 Å². The average molecular weight is 364 g/mol. The molecule has 1 atom stereocenters. The SMILES string of the molecule is CCOc1ccccc1CSCC(=O)N[C@@H](C)c1ccc(Cl)cc1. The molecule has 0 aromatic heterocycles. The van der Waals surface area contributed by atoms with Crippen LogP contribution in [0, 0.1) is 0 Å². The van der Waals surface area contributed by atoms with E-state index in [1.54, 1.807) is 11.8 Å². The van der Waals surface area contributed by atoms with Gasteiger partial charge in [0.05, 0.1) is 18.4 Å². The Balaban J connectivity index is 1.80. The lowest BCUT2D eigenvalue weighted by Crippen LogP contribution is -2.28. The summed E-state index contributed by atoms with van der Waals surface area (Å²) < 4.78 is 5.60. The fraction of sp³-hybridized carbons (Fsp3) is 0.316. The van der Waals surface area contributed by atoms with Gasteiger partial charge in [-0.1, -0.05) is 41.9 Å². The molecule has 0 aliphatic carbocycles. The number of halogens is 1. The Morgan fingerprint density at radius 2 is 1.92 bits per heavy atom. The van der Waals surface area contributed by atoms with Crippen molar-refractivity contribution < 1.29 is 9.53 Å². The molecular weight excluding hydrogens is 342 g/mol. The molecule has 2 aromatic carbocycles. The molecule has 0 saturated heterocycles. The van der Waals surface area contributed by atoms with Crippen LogP contribution >= 0.6 is 23.4 Å². The summed E-state index contributed by atoms with van der Waals surface area (Å²) in [6, 6.07) is 15.4. The van der Waals surface area contributed by atoms with Gasteiger partial charge < -0.3 is 10.1 Å². The van der Waals surface area contributed by atoms with Crippen LogP contribution in [0.2, 0.25) is 5.02 Å². The van der Waals surface area contributed by atoms with Crippen LogP contribution < -0.4 is 10.1 Å². The zero-order valence-electron chi connectivity index (χ0n) is 13.9. The van der Waals surface area contributed by atoms with Gasteiger partial charge in [0.2, 0.25) is 5.91 Å². The molecule has 0 heterocycles. The number of carbonyl (C=O) groups excluding carboxylic acids is 1. The predicted octanol–water partition coefficient (Wildman–Crippen LogP) is 4.85. The van der Waals surface area contributed by atoms with Gasteiger partial charge in [-0.05, 0) is 37.6 Å². The Hall–Kier alpha value is -1.65. The van der Waals surface area contributed by atoms with Gasteiger partial charge in [0.25, 0.3) is 0 Å². The molecule has 0 spiro atoms. The van der Waals surface area contributed by atoms with Crippen LogP contribution in [-0.4, -0.2) is 18.3 Å². The first-order valence-corrected chi connectivity index (χ1v) is 9.46. The summed E-state index contributed by atoms with van der Waals surface area (Å²) in [6.07, 6.45) is 0. The number of carbonyl (C=O) groups is 1. The molecular formula is C19H22ClNO2S. The minimum absolute atomic E-state index is 0.0244. The van der Waals surface area contributed by atoms with E-state index in [1.165, 1.54) is 0 Å². The molecule has 5 heteroatoms.